The Bertz CT molecular complexity index is 477. The summed E-state index contributed by atoms with van der Waals surface area (Å²) in [7, 11) is 0. The Kier molecular flexibility index (Phi) is 8.26. The van der Waals surface area contributed by atoms with Crippen LogP contribution >= 0.6 is 0 Å². The molecule has 2 atom stereocenters. The number of carboxylic acids is 4. The van der Waals surface area contributed by atoms with Crippen molar-refractivity contribution in [1.82, 2.24) is 5.32 Å². The topological polar surface area (TPSA) is 204 Å². The van der Waals surface area contributed by atoms with Crippen LogP contribution < -0.4 is 11.1 Å². The highest BCUT2D eigenvalue weighted by Gasteiger charge is 2.32. The molecule has 0 aromatic carbocycles. The van der Waals surface area contributed by atoms with Gasteiger partial charge in [-0.2, -0.15) is 0 Å². The highest BCUT2D eigenvalue weighted by molar-refractivity contribution is 5.94. The highest BCUT2D eigenvalue weighted by atomic mass is 16.4. The number of nitrogens with one attached hydrogen (secondary N) is 1. The summed E-state index contributed by atoms with van der Waals surface area (Å²) < 4.78 is 0. The first kappa shape index (κ1) is 20.3. The van der Waals surface area contributed by atoms with Gasteiger partial charge in [0.05, 0.1) is 6.04 Å². The normalized spacial score (nSPS) is 13.1. The molecule has 0 saturated heterocycles. The van der Waals surface area contributed by atoms with E-state index in [0.717, 1.165) is 0 Å². The maximum Gasteiger partial charge on any atom is 0.326 e. The van der Waals surface area contributed by atoms with Crippen molar-refractivity contribution in [2.75, 3.05) is 0 Å². The molecule has 0 aromatic rings. The van der Waals surface area contributed by atoms with Crippen molar-refractivity contribution in [3.05, 3.63) is 0 Å². The summed E-state index contributed by atoms with van der Waals surface area (Å²) in [6.07, 6.45) is -1.17. The molecule has 0 heterocycles. The van der Waals surface area contributed by atoms with Crippen molar-refractivity contribution < 1.29 is 44.4 Å². The number of carboxylic acid groups (broad SMARTS) is 4. The predicted molar refractivity (Wildman–Crippen MR) is 72.4 cm³/mol. The lowest BCUT2D eigenvalue weighted by Crippen LogP contribution is -2.49. The molecule has 0 unspecified atom stereocenters. The summed E-state index contributed by atoms with van der Waals surface area (Å²) in [6, 6.07) is -2.94. The van der Waals surface area contributed by atoms with Gasteiger partial charge in [0.2, 0.25) is 5.91 Å². The van der Waals surface area contributed by atoms with Gasteiger partial charge in [0.25, 0.3) is 0 Å². The number of aliphatic carboxylic acids is 4. The summed E-state index contributed by atoms with van der Waals surface area (Å²) >= 11 is 0. The largest absolute Gasteiger partial charge is 0.481 e. The lowest BCUT2D eigenvalue weighted by atomic mass is 9.99. The van der Waals surface area contributed by atoms with E-state index in [0.29, 0.717) is 0 Å². The number of carbonyl (C=O) groups is 5. The SMILES string of the molecule is N[C@@H](CC(C(=O)O)C(=O)O)C(=O)N[C@@H](CCCC(=O)O)C(=O)O. The summed E-state index contributed by atoms with van der Waals surface area (Å²) in [6.45, 7) is 0. The Morgan fingerprint density at radius 2 is 1.43 bits per heavy atom. The molecule has 7 N–H and O–H groups in total. The van der Waals surface area contributed by atoms with Gasteiger partial charge in [-0.1, -0.05) is 0 Å². The minimum absolute atomic E-state index is 0.00526. The molecule has 0 aromatic heterocycles. The van der Waals surface area contributed by atoms with Gasteiger partial charge >= 0.3 is 23.9 Å². The minimum atomic E-state index is -1.90. The third kappa shape index (κ3) is 7.76. The van der Waals surface area contributed by atoms with Crippen LogP contribution in [0.2, 0.25) is 0 Å². The van der Waals surface area contributed by atoms with Crippen molar-refractivity contribution in [1.29, 1.82) is 0 Å². The van der Waals surface area contributed by atoms with E-state index >= 15 is 0 Å². The molecule has 0 fully saturated rings. The molecule has 23 heavy (non-hydrogen) atoms. The van der Waals surface area contributed by atoms with Gasteiger partial charge in [0, 0.05) is 6.42 Å². The quantitative estimate of drug-likeness (QED) is 0.236. The van der Waals surface area contributed by atoms with Crippen LogP contribution in [0.3, 0.4) is 0 Å². The van der Waals surface area contributed by atoms with Crippen LogP contribution in [0.15, 0.2) is 0 Å². The van der Waals surface area contributed by atoms with Crippen molar-refractivity contribution in [2.24, 2.45) is 11.7 Å². The molecule has 0 bridgehead atoms. The van der Waals surface area contributed by atoms with Crippen LogP contribution in [-0.2, 0) is 24.0 Å². The smallest absolute Gasteiger partial charge is 0.326 e. The Balaban J connectivity index is 4.66. The average molecular weight is 334 g/mol. The molecule has 130 valence electrons. The van der Waals surface area contributed by atoms with E-state index < -0.39 is 54.2 Å². The Morgan fingerprint density at radius 3 is 1.83 bits per heavy atom. The van der Waals surface area contributed by atoms with E-state index in [4.69, 9.17) is 26.2 Å². The molecule has 0 radical (unpaired) electrons. The zero-order valence-corrected chi connectivity index (χ0v) is 12.0. The molecule has 0 spiro atoms. The van der Waals surface area contributed by atoms with Gasteiger partial charge in [-0.25, -0.2) is 4.79 Å². The number of nitrogens with two attached hydrogens (primary N) is 1. The number of amides is 1. The Hall–Kier alpha value is -2.69. The van der Waals surface area contributed by atoms with Crippen LogP contribution in [0.4, 0.5) is 0 Å². The second kappa shape index (κ2) is 9.35. The first-order valence-corrected chi connectivity index (χ1v) is 6.52. The number of rotatable bonds is 11. The summed E-state index contributed by atoms with van der Waals surface area (Å²) in [4.78, 5) is 54.5. The average Bonchev–Trinajstić information content (AvgIpc) is 2.41. The summed E-state index contributed by atoms with van der Waals surface area (Å²) in [5.41, 5.74) is 5.39. The summed E-state index contributed by atoms with van der Waals surface area (Å²) in [5.74, 6) is -8.80. The third-order valence-electron chi connectivity index (χ3n) is 2.92. The number of carbonyl (C=O) groups excluding carboxylic acids is 1. The minimum Gasteiger partial charge on any atom is -0.481 e. The van der Waals surface area contributed by atoms with Crippen molar-refractivity contribution in [2.45, 2.75) is 37.8 Å². The van der Waals surface area contributed by atoms with E-state index in [9.17, 15) is 24.0 Å². The van der Waals surface area contributed by atoms with Crippen LogP contribution in [-0.4, -0.2) is 62.3 Å². The molecule has 11 heteroatoms. The van der Waals surface area contributed by atoms with Crippen LogP contribution in [0.1, 0.15) is 25.7 Å². The van der Waals surface area contributed by atoms with Gasteiger partial charge < -0.3 is 31.5 Å². The molecular formula is C12H18N2O9. The fraction of sp³-hybridized carbons (Fsp3) is 0.583. The fourth-order valence-electron chi connectivity index (χ4n) is 1.66. The Morgan fingerprint density at radius 1 is 0.913 bits per heavy atom. The molecule has 0 rings (SSSR count). The third-order valence-corrected chi connectivity index (χ3v) is 2.92. The van der Waals surface area contributed by atoms with E-state index in [2.05, 4.69) is 0 Å². The lowest BCUT2D eigenvalue weighted by Gasteiger charge is -2.18. The number of hydrogen-bond acceptors (Lipinski definition) is 6. The van der Waals surface area contributed by atoms with Gasteiger partial charge in [-0.3, -0.25) is 19.2 Å². The fourth-order valence-corrected chi connectivity index (χ4v) is 1.66. The van der Waals surface area contributed by atoms with Crippen LogP contribution in [0, 0.1) is 5.92 Å². The maximum absolute atomic E-state index is 11.7. The molecule has 0 saturated carbocycles. The van der Waals surface area contributed by atoms with Gasteiger partial charge in [-0.05, 0) is 19.3 Å². The van der Waals surface area contributed by atoms with Gasteiger partial charge in [0.15, 0.2) is 5.92 Å². The second-order valence-electron chi connectivity index (χ2n) is 4.76. The van der Waals surface area contributed by atoms with Crippen LogP contribution in [0.5, 0.6) is 0 Å². The van der Waals surface area contributed by atoms with E-state index in [1.165, 1.54) is 0 Å². The zero-order chi connectivity index (χ0) is 18.2. The van der Waals surface area contributed by atoms with E-state index in [1.807, 2.05) is 5.32 Å². The molecular weight excluding hydrogens is 316 g/mol. The first-order valence-electron chi connectivity index (χ1n) is 6.52. The Labute approximate surface area is 130 Å². The zero-order valence-electron chi connectivity index (χ0n) is 12.0. The predicted octanol–water partition coefficient (Wildman–Crippen LogP) is -1.69. The van der Waals surface area contributed by atoms with Gasteiger partial charge in [-0.15, -0.1) is 0 Å². The van der Waals surface area contributed by atoms with E-state index in [-0.39, 0.29) is 19.3 Å². The molecule has 0 aliphatic rings. The molecule has 0 aliphatic carbocycles. The van der Waals surface area contributed by atoms with Crippen molar-refractivity contribution in [3.8, 4) is 0 Å². The van der Waals surface area contributed by atoms with Crippen molar-refractivity contribution >= 4 is 29.8 Å². The maximum atomic E-state index is 11.7. The highest BCUT2D eigenvalue weighted by Crippen LogP contribution is 2.08. The summed E-state index contributed by atoms with van der Waals surface area (Å²) in [5, 5.41) is 36.8. The molecule has 0 aliphatic heterocycles. The molecule has 11 nitrogen and oxygen atoms in total. The second-order valence-corrected chi connectivity index (χ2v) is 4.76. The lowest BCUT2D eigenvalue weighted by molar-refractivity contribution is -0.155. The monoisotopic (exact) mass is 334 g/mol. The van der Waals surface area contributed by atoms with Crippen molar-refractivity contribution in [3.63, 3.8) is 0 Å². The standard InChI is InChI=1S/C12H18N2O9/c13-6(4-5(10(18)19)11(20)21)9(17)14-7(12(22)23)2-1-3-8(15)16/h5-7H,1-4,13H2,(H,14,17)(H,15,16)(H,18,19)(H,20,21)(H,22,23)/t6-,7-/m0/s1. The first-order chi connectivity index (χ1) is 10.6. The van der Waals surface area contributed by atoms with E-state index in [1.54, 1.807) is 0 Å². The van der Waals surface area contributed by atoms with Crippen LogP contribution in [0.25, 0.3) is 0 Å². The van der Waals surface area contributed by atoms with Gasteiger partial charge in [0.1, 0.15) is 6.04 Å². The molecule has 1 amide bonds. The number of hydrogen-bond donors (Lipinski definition) is 6.